The number of benzene rings is 1. The standard InChI is InChI=1S/C19H27N3O3S/c1-14(2)13-15-3-5-17(6-4-15)26(24,25)22-11-7-16(8-12-22)18(23)19-20-9-10-21-19/h3-6,9-10,14,16,18,23H,7-8,11-13H2,1-2H3,(H,20,21)/t18-/m1/s1. The Labute approximate surface area is 155 Å². The highest BCUT2D eigenvalue weighted by Crippen LogP contribution is 2.31. The number of sulfonamides is 1. The Bertz CT molecular complexity index is 793. The Hall–Kier alpha value is -1.70. The third kappa shape index (κ3) is 4.16. The van der Waals surface area contributed by atoms with Crippen LogP contribution in [-0.2, 0) is 16.4 Å². The van der Waals surface area contributed by atoms with E-state index in [0.717, 1.165) is 12.0 Å². The Morgan fingerprint density at radius 3 is 2.42 bits per heavy atom. The number of hydrogen-bond donors (Lipinski definition) is 2. The van der Waals surface area contributed by atoms with E-state index < -0.39 is 16.1 Å². The molecule has 1 fully saturated rings. The van der Waals surface area contributed by atoms with Crippen molar-refractivity contribution in [2.45, 2.75) is 44.1 Å². The quantitative estimate of drug-likeness (QED) is 0.810. The van der Waals surface area contributed by atoms with Gasteiger partial charge in [0.1, 0.15) is 11.9 Å². The van der Waals surface area contributed by atoms with Gasteiger partial charge in [-0.25, -0.2) is 13.4 Å². The molecule has 7 heteroatoms. The van der Waals surface area contributed by atoms with Crippen LogP contribution < -0.4 is 0 Å². The predicted molar refractivity (Wildman–Crippen MR) is 100 cm³/mol. The number of nitrogens with one attached hydrogen (secondary N) is 1. The molecule has 0 radical (unpaired) electrons. The lowest BCUT2D eigenvalue weighted by molar-refractivity contribution is 0.0696. The fourth-order valence-electron chi connectivity index (χ4n) is 3.51. The molecule has 2 N–H and O–H groups in total. The zero-order valence-electron chi connectivity index (χ0n) is 15.3. The van der Waals surface area contributed by atoms with Crippen molar-refractivity contribution in [2.24, 2.45) is 11.8 Å². The van der Waals surface area contributed by atoms with Crippen molar-refractivity contribution >= 4 is 10.0 Å². The van der Waals surface area contributed by atoms with Crippen LogP contribution >= 0.6 is 0 Å². The number of piperidine rings is 1. The first kappa shape index (κ1) is 19.1. The van der Waals surface area contributed by atoms with E-state index >= 15 is 0 Å². The van der Waals surface area contributed by atoms with Crippen molar-refractivity contribution in [1.82, 2.24) is 14.3 Å². The molecule has 0 saturated carbocycles. The van der Waals surface area contributed by atoms with Crippen LogP contribution in [0.1, 0.15) is 44.2 Å². The fourth-order valence-corrected chi connectivity index (χ4v) is 4.98. The van der Waals surface area contributed by atoms with Gasteiger partial charge in [0.25, 0.3) is 0 Å². The van der Waals surface area contributed by atoms with E-state index in [4.69, 9.17) is 0 Å². The number of nitrogens with zero attached hydrogens (tertiary/aromatic N) is 2. The summed E-state index contributed by atoms with van der Waals surface area (Å²) in [5, 5.41) is 10.4. The van der Waals surface area contributed by atoms with Gasteiger partial charge in [0.15, 0.2) is 0 Å². The third-order valence-corrected chi connectivity index (χ3v) is 6.86. The lowest BCUT2D eigenvalue weighted by Crippen LogP contribution is -2.39. The number of aromatic amines is 1. The average molecular weight is 378 g/mol. The van der Waals surface area contributed by atoms with Gasteiger partial charge in [0, 0.05) is 25.5 Å². The maximum atomic E-state index is 12.9. The van der Waals surface area contributed by atoms with Crippen LogP contribution in [0.25, 0.3) is 0 Å². The van der Waals surface area contributed by atoms with Crippen molar-refractivity contribution in [2.75, 3.05) is 13.1 Å². The number of aliphatic hydroxyl groups is 1. The van der Waals surface area contributed by atoms with Crippen LogP contribution in [0.5, 0.6) is 0 Å². The minimum atomic E-state index is -3.48. The number of rotatable bonds is 6. The molecule has 1 aromatic carbocycles. The smallest absolute Gasteiger partial charge is 0.243 e. The number of hydrogen-bond acceptors (Lipinski definition) is 4. The largest absolute Gasteiger partial charge is 0.385 e. The van der Waals surface area contributed by atoms with E-state index in [1.165, 1.54) is 4.31 Å². The van der Waals surface area contributed by atoms with Gasteiger partial charge < -0.3 is 10.1 Å². The monoisotopic (exact) mass is 377 g/mol. The summed E-state index contributed by atoms with van der Waals surface area (Å²) >= 11 is 0. The molecule has 3 rings (SSSR count). The molecule has 142 valence electrons. The Morgan fingerprint density at radius 1 is 1.23 bits per heavy atom. The van der Waals surface area contributed by atoms with Crippen LogP contribution in [0.4, 0.5) is 0 Å². The fraction of sp³-hybridized carbons (Fsp3) is 0.526. The van der Waals surface area contributed by atoms with Crippen LogP contribution in [0.3, 0.4) is 0 Å². The van der Waals surface area contributed by atoms with Crippen molar-refractivity contribution in [1.29, 1.82) is 0 Å². The molecule has 0 amide bonds. The SMILES string of the molecule is CC(C)Cc1ccc(S(=O)(=O)N2CCC([C@@H](O)c3ncc[nH]3)CC2)cc1. The van der Waals surface area contributed by atoms with Gasteiger partial charge in [-0.2, -0.15) is 4.31 Å². The molecule has 0 bridgehead atoms. The number of aliphatic hydroxyl groups excluding tert-OH is 1. The number of imidazole rings is 1. The first-order valence-electron chi connectivity index (χ1n) is 9.14. The predicted octanol–water partition coefficient (Wildman–Crippen LogP) is 2.74. The Morgan fingerprint density at radius 2 is 1.88 bits per heavy atom. The second kappa shape index (κ2) is 7.90. The van der Waals surface area contributed by atoms with Crippen molar-refractivity contribution in [3.63, 3.8) is 0 Å². The van der Waals surface area contributed by atoms with Gasteiger partial charge in [0.05, 0.1) is 4.90 Å². The molecule has 0 spiro atoms. The summed E-state index contributed by atoms with van der Waals surface area (Å²) in [6.45, 7) is 5.12. The molecule has 26 heavy (non-hydrogen) atoms. The molecule has 0 unspecified atom stereocenters. The summed E-state index contributed by atoms with van der Waals surface area (Å²) in [6, 6.07) is 7.22. The highest BCUT2D eigenvalue weighted by Gasteiger charge is 2.33. The summed E-state index contributed by atoms with van der Waals surface area (Å²) in [4.78, 5) is 7.37. The molecular formula is C19H27N3O3S. The lowest BCUT2D eigenvalue weighted by atomic mass is 9.92. The van der Waals surface area contributed by atoms with E-state index in [9.17, 15) is 13.5 Å². The molecule has 1 aromatic heterocycles. The summed E-state index contributed by atoms with van der Waals surface area (Å²) < 4.78 is 27.3. The van der Waals surface area contributed by atoms with E-state index in [0.29, 0.717) is 42.6 Å². The Kier molecular flexibility index (Phi) is 5.79. The molecule has 1 saturated heterocycles. The highest BCUT2D eigenvalue weighted by atomic mass is 32.2. The van der Waals surface area contributed by atoms with E-state index in [1.54, 1.807) is 24.5 Å². The van der Waals surface area contributed by atoms with E-state index in [-0.39, 0.29) is 5.92 Å². The van der Waals surface area contributed by atoms with Gasteiger partial charge in [0.2, 0.25) is 10.0 Å². The summed E-state index contributed by atoms with van der Waals surface area (Å²) in [7, 11) is -3.48. The van der Waals surface area contributed by atoms with Crippen LogP contribution in [0, 0.1) is 11.8 Å². The van der Waals surface area contributed by atoms with Gasteiger partial charge in [-0.3, -0.25) is 0 Å². The van der Waals surface area contributed by atoms with E-state index in [1.807, 2.05) is 12.1 Å². The minimum absolute atomic E-state index is 0.0148. The molecule has 2 heterocycles. The van der Waals surface area contributed by atoms with Gasteiger partial charge in [-0.15, -0.1) is 0 Å². The molecule has 1 atom stereocenters. The summed E-state index contributed by atoms with van der Waals surface area (Å²) in [6.07, 6.45) is 4.79. The number of aromatic nitrogens is 2. The lowest BCUT2D eigenvalue weighted by Gasteiger charge is -2.33. The molecule has 6 nitrogen and oxygen atoms in total. The number of H-pyrrole nitrogens is 1. The van der Waals surface area contributed by atoms with Crippen LogP contribution in [0.2, 0.25) is 0 Å². The van der Waals surface area contributed by atoms with Gasteiger partial charge in [-0.1, -0.05) is 26.0 Å². The van der Waals surface area contributed by atoms with Crippen LogP contribution in [-0.4, -0.2) is 40.9 Å². The molecule has 1 aliphatic heterocycles. The summed E-state index contributed by atoms with van der Waals surface area (Å²) in [5.41, 5.74) is 1.15. The first-order valence-corrected chi connectivity index (χ1v) is 10.6. The molecule has 2 aromatic rings. The van der Waals surface area contributed by atoms with Gasteiger partial charge >= 0.3 is 0 Å². The minimum Gasteiger partial charge on any atom is -0.385 e. The topological polar surface area (TPSA) is 86.3 Å². The zero-order valence-corrected chi connectivity index (χ0v) is 16.1. The van der Waals surface area contributed by atoms with E-state index in [2.05, 4.69) is 23.8 Å². The average Bonchev–Trinajstić information content (AvgIpc) is 3.16. The first-order chi connectivity index (χ1) is 12.4. The maximum Gasteiger partial charge on any atom is 0.243 e. The molecule has 1 aliphatic rings. The maximum absolute atomic E-state index is 12.9. The zero-order chi connectivity index (χ0) is 18.7. The molecule has 0 aliphatic carbocycles. The normalized spacial score (nSPS) is 18.3. The summed E-state index contributed by atoms with van der Waals surface area (Å²) in [5.74, 6) is 1.10. The second-order valence-electron chi connectivity index (χ2n) is 7.40. The Balaban J connectivity index is 1.64. The van der Waals surface area contributed by atoms with Crippen LogP contribution in [0.15, 0.2) is 41.6 Å². The van der Waals surface area contributed by atoms with Gasteiger partial charge in [-0.05, 0) is 48.8 Å². The third-order valence-electron chi connectivity index (χ3n) is 4.95. The highest BCUT2D eigenvalue weighted by molar-refractivity contribution is 7.89. The van der Waals surface area contributed by atoms with Crippen molar-refractivity contribution < 1.29 is 13.5 Å². The molecular weight excluding hydrogens is 350 g/mol. The second-order valence-corrected chi connectivity index (χ2v) is 9.34. The van der Waals surface area contributed by atoms with Crippen molar-refractivity contribution in [3.05, 3.63) is 48.0 Å². The van der Waals surface area contributed by atoms with Crippen molar-refractivity contribution in [3.8, 4) is 0 Å².